The number of ether oxygens (including phenoxy) is 1. The summed E-state index contributed by atoms with van der Waals surface area (Å²) < 4.78 is 6.35. The number of unbranched alkanes of at least 4 members (excludes halogenated alkanes) is 1. The quantitative estimate of drug-likeness (QED) is 0.562. The first-order valence-corrected chi connectivity index (χ1v) is 8.45. The largest absolute Gasteiger partial charge is 0.480 e. The van der Waals surface area contributed by atoms with Crippen LogP contribution in [0, 0.1) is 0 Å². The number of rotatable bonds is 9. The van der Waals surface area contributed by atoms with Crippen molar-refractivity contribution in [1.29, 1.82) is 0 Å². The second-order valence-corrected chi connectivity index (χ2v) is 5.90. The summed E-state index contributed by atoms with van der Waals surface area (Å²) in [6.45, 7) is 0.383. The molecule has 27 heavy (non-hydrogen) atoms. The molecule has 0 bridgehead atoms. The number of carbonyl (C=O) groups is 2. The Labute approximate surface area is 154 Å². The molecule has 1 heterocycles. The number of benzene rings is 1. The highest BCUT2D eigenvalue weighted by atomic mass is 16.5. The molecule has 1 aromatic carbocycles. The normalized spacial score (nSPS) is 11.6. The minimum absolute atomic E-state index is 0.0497. The van der Waals surface area contributed by atoms with E-state index in [1.807, 2.05) is 18.2 Å². The number of hydrogen-bond donors (Lipinski definition) is 3. The topological polar surface area (TPSA) is 130 Å². The van der Waals surface area contributed by atoms with Gasteiger partial charge in [0.2, 0.25) is 0 Å². The minimum Gasteiger partial charge on any atom is -0.480 e. The van der Waals surface area contributed by atoms with Crippen LogP contribution in [0.4, 0.5) is 4.79 Å². The molecular weight excluding hydrogens is 354 g/mol. The summed E-state index contributed by atoms with van der Waals surface area (Å²) in [5, 5.41) is 11.6. The Balaban J connectivity index is 1.76. The lowest BCUT2D eigenvalue weighted by Gasteiger charge is -2.14. The molecule has 2 aromatic rings. The number of alkyl carbamates (subject to hydrolysis) is 1. The van der Waals surface area contributed by atoms with Crippen molar-refractivity contribution in [2.24, 2.45) is 0 Å². The number of hydrogen-bond acceptors (Lipinski definition) is 5. The highest BCUT2D eigenvalue weighted by molar-refractivity contribution is 5.79. The molecule has 2 rings (SSSR count). The standard InChI is InChI=1S/C18H21N3O6/c22-15-9-11-21(17(25)20-15)10-5-4-8-14(16(23)24)19-18(26)27-12-13-6-2-1-3-7-13/h1-3,6-7,9,11,14H,4-5,8,10,12H2,(H,19,26)(H,23,24)(H,20,22,25)/t14-/m0/s1. The van der Waals surface area contributed by atoms with Crippen molar-refractivity contribution >= 4 is 12.1 Å². The van der Waals surface area contributed by atoms with Gasteiger partial charge in [-0.05, 0) is 24.8 Å². The molecule has 0 fully saturated rings. The second kappa shape index (κ2) is 9.95. The zero-order chi connectivity index (χ0) is 19.6. The SMILES string of the molecule is O=C(N[C@@H](CCCCn1ccc(=O)[nH]c1=O)C(=O)O)OCc1ccccc1. The van der Waals surface area contributed by atoms with Crippen LogP contribution in [0.5, 0.6) is 0 Å². The lowest BCUT2D eigenvalue weighted by Crippen LogP contribution is -2.41. The number of aryl methyl sites for hydroxylation is 1. The van der Waals surface area contributed by atoms with Gasteiger partial charge >= 0.3 is 17.8 Å². The number of aromatic nitrogens is 2. The average Bonchev–Trinajstić information content (AvgIpc) is 2.64. The molecule has 0 unspecified atom stereocenters. The molecule has 144 valence electrons. The van der Waals surface area contributed by atoms with Gasteiger partial charge in [0, 0.05) is 18.8 Å². The van der Waals surface area contributed by atoms with Gasteiger partial charge in [0.25, 0.3) is 5.56 Å². The van der Waals surface area contributed by atoms with E-state index >= 15 is 0 Å². The van der Waals surface area contributed by atoms with Crippen LogP contribution in [0.25, 0.3) is 0 Å². The maximum absolute atomic E-state index is 11.8. The van der Waals surface area contributed by atoms with Crippen LogP contribution in [0.15, 0.2) is 52.2 Å². The van der Waals surface area contributed by atoms with Crippen LogP contribution >= 0.6 is 0 Å². The summed E-state index contributed by atoms with van der Waals surface area (Å²) in [5.74, 6) is -1.16. The van der Waals surface area contributed by atoms with Crippen molar-refractivity contribution in [2.45, 2.75) is 38.5 Å². The molecule has 0 spiro atoms. The summed E-state index contributed by atoms with van der Waals surface area (Å²) >= 11 is 0. The number of aliphatic carboxylic acids is 1. The average molecular weight is 375 g/mol. The van der Waals surface area contributed by atoms with Gasteiger partial charge in [0.15, 0.2) is 0 Å². The Morgan fingerprint density at radius 1 is 1.15 bits per heavy atom. The van der Waals surface area contributed by atoms with Crippen molar-refractivity contribution in [3.05, 3.63) is 69.0 Å². The third-order valence-corrected chi connectivity index (χ3v) is 3.84. The van der Waals surface area contributed by atoms with Crippen LogP contribution in [0.2, 0.25) is 0 Å². The van der Waals surface area contributed by atoms with E-state index in [2.05, 4.69) is 10.3 Å². The molecule has 9 heteroatoms. The predicted molar refractivity (Wildman–Crippen MR) is 96.4 cm³/mol. The molecule has 9 nitrogen and oxygen atoms in total. The maximum Gasteiger partial charge on any atom is 0.408 e. The second-order valence-electron chi connectivity index (χ2n) is 5.90. The van der Waals surface area contributed by atoms with Crippen LogP contribution in [0.3, 0.4) is 0 Å². The van der Waals surface area contributed by atoms with Gasteiger partial charge in [-0.1, -0.05) is 30.3 Å². The third-order valence-electron chi connectivity index (χ3n) is 3.84. The molecule has 1 aromatic heterocycles. The van der Waals surface area contributed by atoms with Crippen molar-refractivity contribution < 1.29 is 19.4 Å². The first-order chi connectivity index (χ1) is 13.0. The zero-order valence-corrected chi connectivity index (χ0v) is 14.6. The highest BCUT2D eigenvalue weighted by Crippen LogP contribution is 2.05. The van der Waals surface area contributed by atoms with E-state index in [0.717, 1.165) is 5.56 Å². The van der Waals surface area contributed by atoms with E-state index in [-0.39, 0.29) is 13.0 Å². The van der Waals surface area contributed by atoms with Crippen LogP contribution in [0.1, 0.15) is 24.8 Å². The maximum atomic E-state index is 11.8. The number of carboxylic acids is 1. The van der Waals surface area contributed by atoms with E-state index in [0.29, 0.717) is 19.4 Å². The molecule has 0 aliphatic carbocycles. The number of amides is 1. The summed E-state index contributed by atoms with van der Waals surface area (Å²) in [6, 6.07) is 9.20. The zero-order valence-electron chi connectivity index (χ0n) is 14.6. The van der Waals surface area contributed by atoms with E-state index < -0.39 is 29.4 Å². The van der Waals surface area contributed by atoms with Crippen molar-refractivity contribution in [3.8, 4) is 0 Å². The van der Waals surface area contributed by atoms with Gasteiger partial charge in [-0.3, -0.25) is 9.78 Å². The van der Waals surface area contributed by atoms with Gasteiger partial charge in [0.1, 0.15) is 12.6 Å². The minimum atomic E-state index is -1.16. The van der Waals surface area contributed by atoms with Crippen LogP contribution in [-0.4, -0.2) is 32.8 Å². The van der Waals surface area contributed by atoms with Crippen LogP contribution < -0.4 is 16.6 Å². The molecule has 0 saturated heterocycles. The number of carbonyl (C=O) groups excluding carboxylic acids is 1. The molecule has 1 atom stereocenters. The predicted octanol–water partition coefficient (Wildman–Crippen LogP) is 1.09. The van der Waals surface area contributed by atoms with Crippen molar-refractivity contribution in [1.82, 2.24) is 14.9 Å². The van der Waals surface area contributed by atoms with Crippen LogP contribution in [-0.2, 0) is 22.7 Å². The van der Waals surface area contributed by atoms with Crippen molar-refractivity contribution in [2.75, 3.05) is 0 Å². The smallest absolute Gasteiger partial charge is 0.408 e. The van der Waals surface area contributed by atoms with Gasteiger partial charge in [-0.2, -0.15) is 0 Å². The molecule has 3 N–H and O–H groups in total. The fraction of sp³-hybridized carbons (Fsp3) is 0.333. The summed E-state index contributed by atoms with van der Waals surface area (Å²) in [7, 11) is 0. The number of aromatic amines is 1. The fourth-order valence-corrected chi connectivity index (χ4v) is 2.42. The van der Waals surface area contributed by atoms with E-state index in [4.69, 9.17) is 4.74 Å². The Morgan fingerprint density at radius 3 is 2.56 bits per heavy atom. The lowest BCUT2D eigenvalue weighted by atomic mass is 10.1. The lowest BCUT2D eigenvalue weighted by molar-refractivity contribution is -0.139. The number of carboxylic acid groups (broad SMARTS) is 1. The van der Waals surface area contributed by atoms with Gasteiger partial charge in [-0.15, -0.1) is 0 Å². The van der Waals surface area contributed by atoms with Gasteiger partial charge in [-0.25, -0.2) is 14.4 Å². The summed E-state index contributed by atoms with van der Waals surface area (Å²) in [6.07, 6.45) is 1.74. The Hall–Kier alpha value is -3.36. The molecule has 1 amide bonds. The monoisotopic (exact) mass is 375 g/mol. The van der Waals surface area contributed by atoms with E-state index in [1.165, 1.54) is 16.8 Å². The van der Waals surface area contributed by atoms with E-state index in [1.54, 1.807) is 12.1 Å². The molecule has 0 saturated carbocycles. The molecule has 0 aliphatic rings. The Bertz CT molecular complexity index is 874. The first-order valence-electron chi connectivity index (χ1n) is 8.45. The summed E-state index contributed by atoms with van der Waals surface area (Å²) in [5.41, 5.74) is -0.189. The fourth-order valence-electron chi connectivity index (χ4n) is 2.42. The third kappa shape index (κ3) is 6.81. The Kier molecular flexibility index (Phi) is 7.36. The first kappa shape index (κ1) is 20.0. The Morgan fingerprint density at radius 2 is 1.89 bits per heavy atom. The molecule has 0 radical (unpaired) electrons. The van der Waals surface area contributed by atoms with Gasteiger partial charge in [0.05, 0.1) is 0 Å². The molecular formula is C18H21N3O6. The van der Waals surface area contributed by atoms with E-state index in [9.17, 15) is 24.3 Å². The number of nitrogens with one attached hydrogen (secondary N) is 2. The number of nitrogens with zero attached hydrogens (tertiary/aromatic N) is 1. The van der Waals surface area contributed by atoms with Crippen molar-refractivity contribution in [3.63, 3.8) is 0 Å². The highest BCUT2D eigenvalue weighted by Gasteiger charge is 2.20. The summed E-state index contributed by atoms with van der Waals surface area (Å²) in [4.78, 5) is 47.8. The van der Waals surface area contributed by atoms with Gasteiger partial charge < -0.3 is 19.7 Å². The number of H-pyrrole nitrogens is 1. The molecule has 0 aliphatic heterocycles.